The third kappa shape index (κ3) is 5.81. The van der Waals surface area contributed by atoms with Crippen LogP contribution >= 0.6 is 11.6 Å². The van der Waals surface area contributed by atoms with Gasteiger partial charge in [0.15, 0.2) is 0 Å². The Labute approximate surface area is 105 Å². The van der Waals surface area contributed by atoms with E-state index in [0.717, 1.165) is 11.6 Å². The highest BCUT2D eigenvalue weighted by atomic mass is 127. The average Bonchev–Trinajstić information content (AvgIpc) is 2.06. The molecule has 0 aliphatic rings. The third-order valence-electron chi connectivity index (χ3n) is 1.68. The van der Waals surface area contributed by atoms with Gasteiger partial charge in [-0.05, 0) is 10.9 Å². The second-order valence-corrected chi connectivity index (χ2v) is 5.44. The summed E-state index contributed by atoms with van der Waals surface area (Å²) in [5.74, 6) is 3.09. The Hall–Kier alpha value is 0.590. The first-order valence-electron chi connectivity index (χ1n) is 4.02. The molecule has 3 heteroatoms. The second-order valence-electron chi connectivity index (χ2n) is 2.80. The number of hydrogen-bond acceptors (Lipinski definition) is 0. The second kappa shape index (κ2) is 7.94. The lowest BCUT2D eigenvalue weighted by Gasteiger charge is -2.00. The van der Waals surface area contributed by atoms with Crippen molar-refractivity contribution in [1.29, 1.82) is 0 Å². The molecular formula is C10H14ClIS. The van der Waals surface area contributed by atoms with Crippen LogP contribution in [0, 0.1) is 0 Å². The average molecular weight is 329 g/mol. The Morgan fingerprint density at radius 3 is 2.38 bits per heavy atom. The van der Waals surface area contributed by atoms with Crippen LogP contribution in [0.2, 0.25) is 0 Å². The van der Waals surface area contributed by atoms with Crippen molar-refractivity contribution < 1.29 is 24.0 Å². The monoisotopic (exact) mass is 328 g/mol. The number of hydrogen-bond donors (Lipinski definition) is 0. The number of halogens is 2. The molecule has 1 rings (SSSR count). The summed E-state index contributed by atoms with van der Waals surface area (Å²) in [5, 5.41) is 0. The maximum atomic E-state index is 5.67. The van der Waals surface area contributed by atoms with E-state index in [4.69, 9.17) is 11.6 Å². The summed E-state index contributed by atoms with van der Waals surface area (Å²) < 4.78 is 0. The molecule has 74 valence electrons. The first-order chi connectivity index (χ1) is 5.83. The van der Waals surface area contributed by atoms with E-state index in [2.05, 4.69) is 36.6 Å². The van der Waals surface area contributed by atoms with Gasteiger partial charge in [0, 0.05) is 5.56 Å². The normalized spacial score (nSPS) is 11.8. The Morgan fingerprint density at radius 1 is 1.23 bits per heavy atom. The summed E-state index contributed by atoms with van der Waals surface area (Å²) in [6.45, 7) is 0. The molecule has 0 bridgehead atoms. The molecule has 1 aromatic rings. The molecular weight excluding hydrogens is 315 g/mol. The van der Waals surface area contributed by atoms with Gasteiger partial charge in [-0.2, -0.15) is 0 Å². The van der Waals surface area contributed by atoms with Crippen LogP contribution in [0.25, 0.3) is 0 Å². The Kier molecular flexibility index (Phi) is 8.31. The lowest BCUT2D eigenvalue weighted by Crippen LogP contribution is -3.00. The minimum absolute atomic E-state index is 0. The van der Waals surface area contributed by atoms with E-state index in [1.54, 1.807) is 0 Å². The van der Waals surface area contributed by atoms with Gasteiger partial charge in [0.05, 0.1) is 12.1 Å². The zero-order valence-corrected chi connectivity index (χ0v) is 11.4. The first kappa shape index (κ1) is 13.6. The molecule has 0 aliphatic heterocycles. The maximum absolute atomic E-state index is 5.67. The van der Waals surface area contributed by atoms with E-state index >= 15 is 0 Å². The highest BCUT2D eigenvalue weighted by molar-refractivity contribution is 7.95. The van der Waals surface area contributed by atoms with Gasteiger partial charge in [-0.15, -0.1) is 11.6 Å². The summed E-state index contributed by atoms with van der Waals surface area (Å²) in [6.07, 6.45) is 2.27. The van der Waals surface area contributed by atoms with Gasteiger partial charge in [-0.3, -0.25) is 0 Å². The lowest BCUT2D eigenvalue weighted by atomic mass is 10.2. The number of rotatable bonds is 4. The van der Waals surface area contributed by atoms with E-state index in [1.807, 2.05) is 0 Å². The van der Waals surface area contributed by atoms with Gasteiger partial charge in [0.25, 0.3) is 0 Å². The predicted octanol–water partition coefficient (Wildman–Crippen LogP) is -0.323. The van der Waals surface area contributed by atoms with Gasteiger partial charge in [0.1, 0.15) is 11.5 Å². The minimum atomic E-state index is 0. The first-order valence-corrected chi connectivity index (χ1v) is 6.52. The molecule has 0 heterocycles. The molecule has 0 aromatic heterocycles. The van der Waals surface area contributed by atoms with Gasteiger partial charge in [-0.25, -0.2) is 0 Å². The van der Waals surface area contributed by atoms with Crippen molar-refractivity contribution in [1.82, 2.24) is 0 Å². The Bertz CT molecular complexity index is 215. The van der Waals surface area contributed by atoms with Crippen molar-refractivity contribution >= 4 is 22.5 Å². The van der Waals surface area contributed by atoms with Crippen LogP contribution in [0.4, 0.5) is 0 Å². The topological polar surface area (TPSA) is 0 Å². The van der Waals surface area contributed by atoms with Crippen LogP contribution in [-0.2, 0) is 16.6 Å². The van der Waals surface area contributed by atoms with Crippen LogP contribution in [0.3, 0.4) is 0 Å². The third-order valence-corrected chi connectivity index (χ3v) is 3.82. The van der Waals surface area contributed by atoms with E-state index < -0.39 is 0 Å². The van der Waals surface area contributed by atoms with Crippen LogP contribution in [0.15, 0.2) is 30.3 Å². The molecule has 1 atom stereocenters. The zero-order valence-electron chi connectivity index (χ0n) is 7.67. The number of alkyl halides is 1. The molecule has 0 spiro atoms. The van der Waals surface area contributed by atoms with Crippen LogP contribution < -0.4 is 24.0 Å². The van der Waals surface area contributed by atoms with E-state index in [9.17, 15) is 0 Å². The van der Waals surface area contributed by atoms with Crippen molar-refractivity contribution in [2.45, 2.75) is 5.75 Å². The molecule has 0 aliphatic carbocycles. The molecule has 0 amide bonds. The molecule has 1 aromatic carbocycles. The zero-order chi connectivity index (χ0) is 8.81. The SMILES string of the molecule is C[S+](CCCl)Cc1ccccc1.[I-]. The van der Waals surface area contributed by atoms with Gasteiger partial charge in [0.2, 0.25) is 0 Å². The maximum Gasteiger partial charge on any atom is 0.133 e. The quantitative estimate of drug-likeness (QED) is 0.404. The summed E-state index contributed by atoms with van der Waals surface area (Å²) in [7, 11) is 0.447. The molecule has 0 N–H and O–H groups in total. The number of benzene rings is 1. The summed E-state index contributed by atoms with van der Waals surface area (Å²) >= 11 is 5.67. The van der Waals surface area contributed by atoms with E-state index in [0.29, 0.717) is 10.9 Å². The molecule has 0 nitrogen and oxygen atoms in total. The summed E-state index contributed by atoms with van der Waals surface area (Å²) in [5.41, 5.74) is 1.42. The summed E-state index contributed by atoms with van der Waals surface area (Å²) in [6, 6.07) is 10.6. The van der Waals surface area contributed by atoms with Crippen molar-refractivity contribution in [3.8, 4) is 0 Å². The smallest absolute Gasteiger partial charge is 0.133 e. The van der Waals surface area contributed by atoms with Crippen molar-refractivity contribution in [2.75, 3.05) is 17.9 Å². The van der Waals surface area contributed by atoms with Gasteiger partial charge >= 0.3 is 0 Å². The van der Waals surface area contributed by atoms with Crippen LogP contribution in [-0.4, -0.2) is 17.9 Å². The fraction of sp³-hybridized carbons (Fsp3) is 0.400. The molecule has 13 heavy (non-hydrogen) atoms. The molecule has 0 radical (unpaired) electrons. The minimum Gasteiger partial charge on any atom is -1.00 e. The molecule has 1 unspecified atom stereocenters. The summed E-state index contributed by atoms with van der Waals surface area (Å²) in [4.78, 5) is 0. The van der Waals surface area contributed by atoms with E-state index in [-0.39, 0.29) is 24.0 Å². The standard InChI is InChI=1S/C10H14ClS.HI/c1-12(8-7-11)9-10-5-3-2-4-6-10;/h2-6H,7-9H2,1H3;1H/q+1;/p-1. The Balaban J connectivity index is 0.00000144. The molecule has 0 saturated carbocycles. The fourth-order valence-corrected chi connectivity index (χ4v) is 3.02. The fourth-order valence-electron chi connectivity index (χ4n) is 1.06. The van der Waals surface area contributed by atoms with Crippen molar-refractivity contribution in [3.05, 3.63) is 35.9 Å². The Morgan fingerprint density at radius 2 is 1.85 bits per heavy atom. The van der Waals surface area contributed by atoms with Crippen molar-refractivity contribution in [3.63, 3.8) is 0 Å². The molecule has 0 saturated heterocycles. The van der Waals surface area contributed by atoms with E-state index in [1.165, 1.54) is 11.3 Å². The highest BCUT2D eigenvalue weighted by Gasteiger charge is 2.09. The largest absolute Gasteiger partial charge is 1.00 e. The van der Waals surface area contributed by atoms with Gasteiger partial charge in [-0.1, -0.05) is 30.3 Å². The van der Waals surface area contributed by atoms with Crippen LogP contribution in [0.1, 0.15) is 5.56 Å². The lowest BCUT2D eigenvalue weighted by molar-refractivity contribution is -0.00000249. The predicted molar refractivity (Wildman–Crippen MR) is 59.0 cm³/mol. The highest BCUT2D eigenvalue weighted by Crippen LogP contribution is 2.06. The molecule has 0 fully saturated rings. The van der Waals surface area contributed by atoms with Crippen molar-refractivity contribution in [2.24, 2.45) is 0 Å². The van der Waals surface area contributed by atoms with Gasteiger partial charge < -0.3 is 24.0 Å². The van der Waals surface area contributed by atoms with Crippen LogP contribution in [0.5, 0.6) is 0 Å².